The van der Waals surface area contributed by atoms with Gasteiger partial charge in [0.15, 0.2) is 0 Å². The van der Waals surface area contributed by atoms with Crippen LogP contribution in [0.25, 0.3) is 0 Å². The van der Waals surface area contributed by atoms with Gasteiger partial charge >= 0.3 is 5.97 Å². The first-order valence-corrected chi connectivity index (χ1v) is 8.13. The maximum Gasteiger partial charge on any atom is 0.315 e. The first-order chi connectivity index (χ1) is 11.5. The Hall–Kier alpha value is -2.62. The second-order valence-electron chi connectivity index (χ2n) is 5.96. The summed E-state index contributed by atoms with van der Waals surface area (Å²) >= 11 is 0. The second-order valence-corrected chi connectivity index (χ2v) is 5.96. The molecule has 0 aliphatic rings. The molecule has 0 aliphatic heterocycles. The van der Waals surface area contributed by atoms with Gasteiger partial charge in [-0.25, -0.2) is 0 Å². The Balaban J connectivity index is 2.17. The van der Waals surface area contributed by atoms with Gasteiger partial charge in [-0.05, 0) is 24.5 Å². The van der Waals surface area contributed by atoms with E-state index < -0.39 is 11.4 Å². The molecule has 4 heteroatoms. The van der Waals surface area contributed by atoms with Gasteiger partial charge in [-0.1, -0.05) is 67.6 Å². The highest BCUT2D eigenvalue weighted by Crippen LogP contribution is 2.28. The molecule has 2 aromatic rings. The zero-order chi connectivity index (χ0) is 17.6. The average Bonchev–Trinajstić information content (AvgIpc) is 2.63. The molecule has 0 radical (unpaired) electrons. The number of carbonyl (C=O) groups excluding carboxylic acids is 1. The Labute approximate surface area is 142 Å². The minimum absolute atomic E-state index is 0.0683. The molecule has 126 valence electrons. The van der Waals surface area contributed by atoms with Crippen LogP contribution in [0.15, 0.2) is 60.7 Å². The molecule has 0 aromatic heterocycles. The number of rotatable bonds is 7. The Morgan fingerprint density at radius 1 is 1.04 bits per heavy atom. The molecule has 0 bridgehead atoms. The van der Waals surface area contributed by atoms with Crippen LogP contribution in [0, 0.1) is 0 Å². The molecule has 1 amide bonds. The molecule has 0 spiro atoms. The number of carboxylic acids is 1. The van der Waals surface area contributed by atoms with Gasteiger partial charge in [-0.3, -0.25) is 9.59 Å². The van der Waals surface area contributed by atoms with Crippen LogP contribution in [0.3, 0.4) is 0 Å². The number of hydrogen-bond acceptors (Lipinski definition) is 2. The lowest BCUT2D eigenvalue weighted by atomic mass is 9.78. The van der Waals surface area contributed by atoms with E-state index in [1.165, 1.54) is 0 Å². The first kappa shape index (κ1) is 17.7. The molecule has 2 N–H and O–H groups in total. The van der Waals surface area contributed by atoms with Gasteiger partial charge in [-0.2, -0.15) is 0 Å². The highest BCUT2D eigenvalue weighted by atomic mass is 16.4. The third-order valence-electron chi connectivity index (χ3n) is 4.60. The van der Waals surface area contributed by atoms with Crippen molar-refractivity contribution in [3.63, 3.8) is 0 Å². The number of carboxylic acid groups (broad SMARTS) is 1. The van der Waals surface area contributed by atoms with Crippen LogP contribution in [0.5, 0.6) is 0 Å². The highest BCUT2D eigenvalue weighted by molar-refractivity contribution is 5.86. The summed E-state index contributed by atoms with van der Waals surface area (Å²) < 4.78 is 0. The Bertz CT molecular complexity index is 685. The highest BCUT2D eigenvalue weighted by Gasteiger charge is 2.39. The third-order valence-corrected chi connectivity index (χ3v) is 4.60. The van der Waals surface area contributed by atoms with Gasteiger partial charge < -0.3 is 10.4 Å². The van der Waals surface area contributed by atoms with Crippen LogP contribution in [0.1, 0.15) is 37.3 Å². The summed E-state index contributed by atoms with van der Waals surface area (Å²) in [5.74, 6) is -1.43. The Morgan fingerprint density at radius 3 is 2.08 bits per heavy atom. The molecule has 2 aromatic carbocycles. The quantitative estimate of drug-likeness (QED) is 0.820. The van der Waals surface area contributed by atoms with Crippen molar-refractivity contribution >= 4 is 11.9 Å². The SMILES string of the molecule is CCC(CNC(=O)C(C)c1ccccc1)(C(=O)O)c1ccccc1. The minimum Gasteiger partial charge on any atom is -0.481 e. The van der Waals surface area contributed by atoms with Crippen molar-refractivity contribution in [2.75, 3.05) is 6.54 Å². The molecule has 4 nitrogen and oxygen atoms in total. The van der Waals surface area contributed by atoms with Gasteiger partial charge in [-0.15, -0.1) is 0 Å². The van der Waals surface area contributed by atoms with Crippen LogP contribution < -0.4 is 5.32 Å². The molecule has 24 heavy (non-hydrogen) atoms. The van der Waals surface area contributed by atoms with E-state index in [1.807, 2.05) is 62.4 Å². The van der Waals surface area contributed by atoms with Crippen molar-refractivity contribution in [2.45, 2.75) is 31.6 Å². The van der Waals surface area contributed by atoms with Crippen molar-refractivity contribution in [1.82, 2.24) is 5.32 Å². The lowest BCUT2D eigenvalue weighted by Gasteiger charge is -2.29. The Morgan fingerprint density at radius 2 is 1.58 bits per heavy atom. The van der Waals surface area contributed by atoms with Crippen molar-refractivity contribution in [3.05, 3.63) is 71.8 Å². The van der Waals surface area contributed by atoms with Crippen molar-refractivity contribution in [1.29, 1.82) is 0 Å². The van der Waals surface area contributed by atoms with E-state index in [0.717, 1.165) is 5.56 Å². The van der Waals surface area contributed by atoms with Crippen LogP contribution in [-0.4, -0.2) is 23.5 Å². The van der Waals surface area contributed by atoms with Gasteiger partial charge in [0, 0.05) is 6.54 Å². The van der Waals surface area contributed by atoms with Crippen LogP contribution in [0.4, 0.5) is 0 Å². The second kappa shape index (κ2) is 7.77. The molecule has 2 rings (SSSR count). The maximum absolute atomic E-state index is 12.5. The maximum atomic E-state index is 12.5. The summed E-state index contributed by atoms with van der Waals surface area (Å²) in [6.45, 7) is 3.72. The molecule has 0 aliphatic carbocycles. The fraction of sp³-hybridized carbons (Fsp3) is 0.300. The first-order valence-electron chi connectivity index (χ1n) is 8.13. The smallest absolute Gasteiger partial charge is 0.315 e. The molecule has 0 heterocycles. The third kappa shape index (κ3) is 3.65. The Kier molecular flexibility index (Phi) is 5.74. The lowest BCUT2D eigenvalue weighted by molar-refractivity contribution is -0.144. The number of hydrogen-bond donors (Lipinski definition) is 2. The lowest BCUT2D eigenvalue weighted by Crippen LogP contribution is -2.47. The largest absolute Gasteiger partial charge is 0.481 e. The van der Waals surface area contributed by atoms with E-state index in [1.54, 1.807) is 12.1 Å². The normalized spacial score (nSPS) is 14.4. The predicted molar refractivity (Wildman–Crippen MR) is 93.9 cm³/mol. The molecular formula is C20H23NO3. The fourth-order valence-corrected chi connectivity index (χ4v) is 2.82. The summed E-state index contributed by atoms with van der Waals surface area (Å²) in [6, 6.07) is 18.5. The molecule has 0 saturated carbocycles. The monoisotopic (exact) mass is 325 g/mol. The van der Waals surface area contributed by atoms with E-state index >= 15 is 0 Å². The summed E-state index contributed by atoms with van der Waals surface area (Å²) in [6.07, 6.45) is 0.395. The van der Waals surface area contributed by atoms with E-state index in [4.69, 9.17) is 0 Å². The van der Waals surface area contributed by atoms with Gasteiger partial charge in [0.1, 0.15) is 5.41 Å². The van der Waals surface area contributed by atoms with E-state index in [-0.39, 0.29) is 18.4 Å². The van der Waals surface area contributed by atoms with Gasteiger partial charge in [0.25, 0.3) is 0 Å². The van der Waals surface area contributed by atoms with Gasteiger partial charge in [0.05, 0.1) is 5.92 Å². The molecule has 2 atom stereocenters. The zero-order valence-electron chi connectivity index (χ0n) is 14.0. The summed E-state index contributed by atoms with van der Waals surface area (Å²) in [5.41, 5.74) is 0.493. The van der Waals surface area contributed by atoms with Crippen molar-refractivity contribution < 1.29 is 14.7 Å². The molecule has 2 unspecified atom stereocenters. The van der Waals surface area contributed by atoms with Crippen LogP contribution in [-0.2, 0) is 15.0 Å². The molecule has 0 fully saturated rings. The fourth-order valence-electron chi connectivity index (χ4n) is 2.82. The van der Waals surface area contributed by atoms with E-state index in [2.05, 4.69) is 5.32 Å². The number of aliphatic carboxylic acids is 1. The average molecular weight is 325 g/mol. The molecular weight excluding hydrogens is 302 g/mol. The number of benzene rings is 2. The summed E-state index contributed by atoms with van der Waals surface area (Å²) in [5, 5.41) is 12.6. The number of carbonyl (C=O) groups is 2. The topological polar surface area (TPSA) is 66.4 Å². The number of nitrogens with one attached hydrogen (secondary N) is 1. The van der Waals surface area contributed by atoms with Crippen molar-refractivity contribution in [3.8, 4) is 0 Å². The number of amides is 1. The molecule has 0 saturated heterocycles. The van der Waals surface area contributed by atoms with Crippen LogP contribution in [0.2, 0.25) is 0 Å². The summed E-state index contributed by atoms with van der Waals surface area (Å²) in [4.78, 5) is 24.4. The minimum atomic E-state index is -1.12. The standard InChI is InChI=1S/C20H23NO3/c1-3-20(19(23)24,17-12-8-5-9-13-17)14-21-18(22)15(2)16-10-6-4-7-11-16/h4-13,15H,3,14H2,1-2H3,(H,21,22)(H,23,24). The van der Waals surface area contributed by atoms with E-state index in [0.29, 0.717) is 12.0 Å². The zero-order valence-corrected chi connectivity index (χ0v) is 14.0. The van der Waals surface area contributed by atoms with Gasteiger partial charge in [0.2, 0.25) is 5.91 Å². The van der Waals surface area contributed by atoms with Crippen LogP contribution >= 0.6 is 0 Å². The summed E-state index contributed by atoms with van der Waals surface area (Å²) in [7, 11) is 0. The van der Waals surface area contributed by atoms with Crippen molar-refractivity contribution in [2.24, 2.45) is 0 Å². The van der Waals surface area contributed by atoms with E-state index in [9.17, 15) is 14.7 Å². The predicted octanol–water partition coefficient (Wildman–Crippen LogP) is 3.34.